The van der Waals surface area contributed by atoms with Crippen molar-refractivity contribution in [2.75, 3.05) is 19.6 Å². The lowest BCUT2D eigenvalue weighted by atomic mass is 10.0. The summed E-state index contributed by atoms with van der Waals surface area (Å²) in [6.45, 7) is 1.79. The topological polar surface area (TPSA) is 84.7 Å². The van der Waals surface area contributed by atoms with Crippen molar-refractivity contribution >= 4 is 24.2 Å². The Morgan fingerprint density at radius 2 is 1.80 bits per heavy atom. The van der Waals surface area contributed by atoms with E-state index < -0.39 is 0 Å². The lowest BCUT2D eigenvalue weighted by molar-refractivity contribution is -0.143. The summed E-state index contributed by atoms with van der Waals surface area (Å²) in [7, 11) is 0. The van der Waals surface area contributed by atoms with Crippen LogP contribution >= 0.6 is 12.4 Å². The van der Waals surface area contributed by atoms with Gasteiger partial charge in [0.05, 0.1) is 6.10 Å². The highest BCUT2D eigenvalue weighted by molar-refractivity contribution is 5.94. The lowest BCUT2D eigenvalue weighted by Gasteiger charge is -2.33. The Balaban J connectivity index is 0.00000225. The number of likely N-dealkylation sites (tertiary alicyclic amines) is 1. The molecule has 3 rings (SSSR count). The Kier molecular flexibility index (Phi) is 7.23. The van der Waals surface area contributed by atoms with Crippen molar-refractivity contribution in [2.45, 2.75) is 43.9 Å². The fourth-order valence-electron chi connectivity index (χ4n) is 3.37. The van der Waals surface area contributed by atoms with Gasteiger partial charge in [-0.25, -0.2) is 0 Å². The molecule has 0 spiro atoms. The van der Waals surface area contributed by atoms with Crippen LogP contribution in [0.2, 0.25) is 0 Å². The molecule has 2 aliphatic heterocycles. The van der Waals surface area contributed by atoms with Crippen LogP contribution in [0.15, 0.2) is 30.3 Å². The highest BCUT2D eigenvalue weighted by Crippen LogP contribution is 2.22. The maximum atomic E-state index is 12.5. The first-order valence-corrected chi connectivity index (χ1v) is 8.67. The van der Waals surface area contributed by atoms with Crippen LogP contribution in [0.3, 0.4) is 0 Å². The van der Waals surface area contributed by atoms with Gasteiger partial charge < -0.3 is 20.7 Å². The SMILES string of the molecule is Cl.NC[C@H]1CC[C@@H](C(=O)N2CCC(NC(=O)c3ccccc3)CC2)O1. The molecule has 2 fully saturated rings. The minimum absolute atomic E-state index is 0. The molecule has 0 bridgehead atoms. The van der Waals surface area contributed by atoms with Crippen molar-refractivity contribution in [3.05, 3.63) is 35.9 Å². The van der Waals surface area contributed by atoms with Crippen LogP contribution in [0.1, 0.15) is 36.0 Å². The quantitative estimate of drug-likeness (QED) is 0.841. The first-order valence-electron chi connectivity index (χ1n) is 8.67. The Labute approximate surface area is 154 Å². The summed E-state index contributed by atoms with van der Waals surface area (Å²) in [6, 6.07) is 9.32. The zero-order valence-corrected chi connectivity index (χ0v) is 15.0. The van der Waals surface area contributed by atoms with Crippen molar-refractivity contribution in [3.8, 4) is 0 Å². The van der Waals surface area contributed by atoms with E-state index in [0.717, 1.165) is 25.7 Å². The average Bonchev–Trinajstić information content (AvgIpc) is 3.11. The highest BCUT2D eigenvalue weighted by atomic mass is 35.5. The van der Waals surface area contributed by atoms with Crippen LogP contribution in [-0.4, -0.2) is 54.6 Å². The second-order valence-electron chi connectivity index (χ2n) is 6.50. The van der Waals surface area contributed by atoms with E-state index >= 15 is 0 Å². The van der Waals surface area contributed by atoms with Crippen molar-refractivity contribution in [2.24, 2.45) is 5.73 Å². The predicted octanol–water partition coefficient (Wildman–Crippen LogP) is 1.34. The molecule has 0 aliphatic carbocycles. The van der Waals surface area contributed by atoms with Crippen molar-refractivity contribution in [1.29, 1.82) is 0 Å². The Morgan fingerprint density at radius 3 is 2.40 bits per heavy atom. The van der Waals surface area contributed by atoms with E-state index in [1.54, 1.807) is 12.1 Å². The summed E-state index contributed by atoms with van der Waals surface area (Å²) in [6.07, 6.45) is 2.84. The van der Waals surface area contributed by atoms with Crippen LogP contribution in [0.5, 0.6) is 0 Å². The van der Waals surface area contributed by atoms with E-state index in [1.165, 1.54) is 0 Å². The van der Waals surface area contributed by atoms with Crippen LogP contribution in [0.4, 0.5) is 0 Å². The van der Waals surface area contributed by atoms with Crippen molar-refractivity contribution in [1.82, 2.24) is 10.2 Å². The number of hydrogen-bond acceptors (Lipinski definition) is 4. The molecule has 2 aliphatic rings. The number of carbonyl (C=O) groups is 2. The smallest absolute Gasteiger partial charge is 0.251 e. The molecular formula is C18H26ClN3O3. The number of carbonyl (C=O) groups excluding carboxylic acids is 2. The lowest BCUT2D eigenvalue weighted by Crippen LogP contribution is -2.49. The van der Waals surface area contributed by atoms with E-state index in [2.05, 4.69) is 5.32 Å². The molecule has 2 atom stereocenters. The summed E-state index contributed by atoms with van der Waals surface area (Å²) in [5, 5.41) is 3.06. The van der Waals surface area contributed by atoms with Gasteiger partial charge in [-0.15, -0.1) is 12.4 Å². The van der Waals surface area contributed by atoms with Gasteiger partial charge in [0.25, 0.3) is 11.8 Å². The minimum atomic E-state index is -0.339. The molecule has 0 saturated carbocycles. The van der Waals surface area contributed by atoms with Gasteiger partial charge in [-0.2, -0.15) is 0 Å². The Bertz CT molecular complexity index is 576. The zero-order valence-electron chi connectivity index (χ0n) is 14.2. The number of amides is 2. The number of rotatable bonds is 4. The van der Waals surface area contributed by atoms with Gasteiger partial charge >= 0.3 is 0 Å². The fraction of sp³-hybridized carbons (Fsp3) is 0.556. The largest absolute Gasteiger partial charge is 0.364 e. The van der Waals surface area contributed by atoms with E-state index in [-0.39, 0.29) is 42.5 Å². The highest BCUT2D eigenvalue weighted by Gasteiger charge is 2.34. The molecule has 6 nitrogen and oxygen atoms in total. The number of benzene rings is 1. The minimum Gasteiger partial charge on any atom is -0.364 e. The number of nitrogens with zero attached hydrogens (tertiary/aromatic N) is 1. The monoisotopic (exact) mass is 367 g/mol. The number of ether oxygens (including phenoxy) is 1. The zero-order chi connectivity index (χ0) is 16.9. The molecule has 7 heteroatoms. The second kappa shape index (κ2) is 9.17. The average molecular weight is 368 g/mol. The second-order valence-corrected chi connectivity index (χ2v) is 6.50. The third-order valence-corrected chi connectivity index (χ3v) is 4.82. The summed E-state index contributed by atoms with van der Waals surface area (Å²) in [5.74, 6) is 0.0177. The maximum absolute atomic E-state index is 12.5. The maximum Gasteiger partial charge on any atom is 0.251 e. The summed E-state index contributed by atoms with van der Waals surface area (Å²) in [5.41, 5.74) is 6.27. The van der Waals surface area contributed by atoms with Gasteiger partial charge in [0.15, 0.2) is 0 Å². The van der Waals surface area contributed by atoms with E-state index in [4.69, 9.17) is 10.5 Å². The molecule has 2 heterocycles. The summed E-state index contributed by atoms with van der Waals surface area (Å²) < 4.78 is 5.69. The molecule has 0 unspecified atom stereocenters. The van der Waals surface area contributed by atoms with Crippen LogP contribution in [0.25, 0.3) is 0 Å². The normalized spacial score (nSPS) is 23.8. The molecule has 1 aromatic rings. The molecule has 0 aromatic heterocycles. The van der Waals surface area contributed by atoms with Crippen LogP contribution < -0.4 is 11.1 Å². The number of nitrogens with two attached hydrogens (primary N) is 1. The summed E-state index contributed by atoms with van der Waals surface area (Å²) >= 11 is 0. The Hall–Kier alpha value is -1.63. The van der Waals surface area contributed by atoms with E-state index in [9.17, 15) is 9.59 Å². The standard InChI is InChI=1S/C18H25N3O3.ClH/c19-12-15-6-7-16(24-15)18(23)21-10-8-14(9-11-21)20-17(22)13-4-2-1-3-5-13;/h1-5,14-16H,6-12,19H2,(H,20,22);1H/t15-,16+;/m1./s1. The molecule has 0 radical (unpaired) electrons. The molecule has 3 N–H and O–H groups in total. The van der Waals surface area contributed by atoms with Gasteiger partial charge in [0.1, 0.15) is 6.10 Å². The van der Waals surface area contributed by atoms with E-state index in [1.807, 2.05) is 23.1 Å². The number of nitrogens with one attached hydrogen (secondary N) is 1. The van der Waals surface area contributed by atoms with Crippen LogP contribution in [-0.2, 0) is 9.53 Å². The third kappa shape index (κ3) is 4.93. The van der Waals surface area contributed by atoms with Gasteiger partial charge in [0, 0.05) is 31.2 Å². The Morgan fingerprint density at radius 1 is 1.12 bits per heavy atom. The van der Waals surface area contributed by atoms with Gasteiger partial charge in [-0.3, -0.25) is 9.59 Å². The first-order chi connectivity index (χ1) is 11.7. The number of halogens is 1. The molecular weight excluding hydrogens is 342 g/mol. The van der Waals surface area contributed by atoms with Gasteiger partial charge in [-0.05, 0) is 37.8 Å². The first kappa shape index (κ1) is 19.7. The van der Waals surface area contributed by atoms with Gasteiger partial charge in [-0.1, -0.05) is 18.2 Å². The number of hydrogen-bond donors (Lipinski definition) is 2. The molecule has 25 heavy (non-hydrogen) atoms. The third-order valence-electron chi connectivity index (χ3n) is 4.82. The molecule has 2 amide bonds. The molecule has 1 aromatic carbocycles. The van der Waals surface area contributed by atoms with Crippen LogP contribution in [0, 0.1) is 0 Å². The van der Waals surface area contributed by atoms with Crippen molar-refractivity contribution in [3.63, 3.8) is 0 Å². The number of piperidine rings is 1. The summed E-state index contributed by atoms with van der Waals surface area (Å²) in [4.78, 5) is 26.5. The van der Waals surface area contributed by atoms with E-state index in [0.29, 0.717) is 25.2 Å². The van der Waals surface area contributed by atoms with Gasteiger partial charge in [0.2, 0.25) is 0 Å². The predicted molar refractivity (Wildman–Crippen MR) is 97.7 cm³/mol. The van der Waals surface area contributed by atoms with Crippen molar-refractivity contribution < 1.29 is 14.3 Å². The molecule has 138 valence electrons. The molecule has 2 saturated heterocycles. The fourth-order valence-corrected chi connectivity index (χ4v) is 3.37.